The lowest BCUT2D eigenvalue weighted by Crippen LogP contribution is -2.19. The van der Waals surface area contributed by atoms with Crippen molar-refractivity contribution in [2.45, 2.75) is 13.5 Å². The Balaban J connectivity index is 2.15. The predicted molar refractivity (Wildman–Crippen MR) is 76.6 cm³/mol. The lowest BCUT2D eigenvalue weighted by molar-refractivity contribution is 0.102. The fourth-order valence-electron chi connectivity index (χ4n) is 1.71. The highest BCUT2D eigenvalue weighted by Gasteiger charge is 2.09. The Labute approximate surface area is 116 Å². The van der Waals surface area contributed by atoms with E-state index >= 15 is 0 Å². The number of nitrogens with zero attached hydrogens (tertiary/aromatic N) is 1. The molecule has 1 amide bonds. The van der Waals surface area contributed by atoms with E-state index < -0.39 is 0 Å². The Morgan fingerprint density at radius 3 is 2.85 bits per heavy atom. The number of carbonyl (C=O) groups excluding carboxylic acids is 1. The van der Waals surface area contributed by atoms with Gasteiger partial charge in [0.25, 0.3) is 11.5 Å². The van der Waals surface area contributed by atoms with E-state index in [1.165, 1.54) is 6.20 Å². The van der Waals surface area contributed by atoms with Gasteiger partial charge in [-0.3, -0.25) is 9.59 Å². The van der Waals surface area contributed by atoms with Crippen molar-refractivity contribution in [3.63, 3.8) is 0 Å². The fraction of sp³-hybridized carbons (Fsp3) is 0.214. The molecule has 1 aromatic carbocycles. The molecule has 3 N–H and O–H groups in total. The molecule has 0 aliphatic carbocycles. The highest BCUT2D eigenvalue weighted by atomic mass is 16.2. The molecule has 0 radical (unpaired) electrons. The van der Waals surface area contributed by atoms with E-state index in [-0.39, 0.29) is 17.2 Å². The standard InChI is InChI=1S/C14H16N4O2/c1-2-15-7-10-5-3-4-6-11(10)18-14(20)12-8-17-13(19)9-16-12/h3-6,8-9,15H,2,7H2,1H3,(H,17,19)(H,18,20). The summed E-state index contributed by atoms with van der Waals surface area (Å²) in [5, 5.41) is 6.00. The Morgan fingerprint density at radius 2 is 2.15 bits per heavy atom. The Hall–Kier alpha value is -2.47. The molecule has 0 aliphatic heterocycles. The smallest absolute Gasteiger partial charge is 0.275 e. The van der Waals surface area contributed by atoms with Crippen LogP contribution in [0.25, 0.3) is 0 Å². The first-order valence-electron chi connectivity index (χ1n) is 6.35. The highest BCUT2D eigenvalue weighted by molar-refractivity contribution is 6.03. The molecular weight excluding hydrogens is 256 g/mol. The molecule has 2 rings (SSSR count). The summed E-state index contributed by atoms with van der Waals surface area (Å²) < 4.78 is 0. The summed E-state index contributed by atoms with van der Waals surface area (Å²) in [6.45, 7) is 3.54. The monoisotopic (exact) mass is 272 g/mol. The second-order valence-electron chi connectivity index (χ2n) is 4.19. The maximum Gasteiger partial charge on any atom is 0.275 e. The Morgan fingerprint density at radius 1 is 1.35 bits per heavy atom. The van der Waals surface area contributed by atoms with E-state index in [1.54, 1.807) is 0 Å². The van der Waals surface area contributed by atoms with Crippen LogP contribution >= 0.6 is 0 Å². The van der Waals surface area contributed by atoms with Gasteiger partial charge in [0.1, 0.15) is 5.69 Å². The first kappa shape index (κ1) is 14.0. The second-order valence-corrected chi connectivity index (χ2v) is 4.19. The van der Waals surface area contributed by atoms with Crippen molar-refractivity contribution in [2.75, 3.05) is 11.9 Å². The number of carbonyl (C=O) groups is 1. The van der Waals surface area contributed by atoms with Crippen molar-refractivity contribution < 1.29 is 4.79 Å². The summed E-state index contributed by atoms with van der Waals surface area (Å²) in [6, 6.07) is 7.54. The van der Waals surface area contributed by atoms with Crippen LogP contribution in [0.5, 0.6) is 0 Å². The van der Waals surface area contributed by atoms with Crippen LogP contribution in [0.1, 0.15) is 23.0 Å². The molecule has 104 valence electrons. The third kappa shape index (κ3) is 3.52. The third-order valence-corrected chi connectivity index (χ3v) is 2.74. The predicted octanol–water partition coefficient (Wildman–Crippen LogP) is 1.13. The lowest BCUT2D eigenvalue weighted by Gasteiger charge is -2.10. The number of anilines is 1. The molecule has 0 atom stereocenters. The van der Waals surface area contributed by atoms with Crippen molar-refractivity contribution in [1.82, 2.24) is 15.3 Å². The number of benzene rings is 1. The molecule has 6 nitrogen and oxygen atoms in total. The van der Waals surface area contributed by atoms with E-state index in [2.05, 4.69) is 20.6 Å². The maximum absolute atomic E-state index is 12.0. The number of hydrogen-bond acceptors (Lipinski definition) is 4. The van der Waals surface area contributed by atoms with Crippen LogP contribution in [-0.2, 0) is 6.54 Å². The molecular formula is C14H16N4O2. The van der Waals surface area contributed by atoms with E-state index in [0.717, 1.165) is 24.0 Å². The second kappa shape index (κ2) is 6.63. The fourth-order valence-corrected chi connectivity index (χ4v) is 1.71. The van der Waals surface area contributed by atoms with Gasteiger partial charge < -0.3 is 15.6 Å². The minimum absolute atomic E-state index is 0.169. The van der Waals surface area contributed by atoms with Gasteiger partial charge in [-0.1, -0.05) is 25.1 Å². The number of rotatable bonds is 5. The van der Waals surface area contributed by atoms with E-state index in [9.17, 15) is 9.59 Å². The lowest BCUT2D eigenvalue weighted by atomic mass is 10.1. The first-order valence-corrected chi connectivity index (χ1v) is 6.35. The number of aromatic nitrogens is 2. The number of hydrogen-bond donors (Lipinski definition) is 3. The van der Waals surface area contributed by atoms with Crippen molar-refractivity contribution in [3.05, 3.63) is 58.3 Å². The quantitative estimate of drug-likeness (QED) is 0.761. The minimum atomic E-state index is -0.356. The van der Waals surface area contributed by atoms with Crippen LogP contribution in [0, 0.1) is 0 Å². The van der Waals surface area contributed by atoms with Gasteiger partial charge in [-0.2, -0.15) is 0 Å². The van der Waals surface area contributed by atoms with Crippen LogP contribution in [0.15, 0.2) is 41.5 Å². The first-order chi connectivity index (χ1) is 9.70. The maximum atomic E-state index is 12.0. The zero-order chi connectivity index (χ0) is 14.4. The van der Waals surface area contributed by atoms with E-state index in [4.69, 9.17) is 0 Å². The van der Waals surface area contributed by atoms with Gasteiger partial charge in [-0.05, 0) is 18.2 Å². The SMILES string of the molecule is CCNCc1ccccc1NC(=O)c1c[nH]c(=O)cn1. The highest BCUT2D eigenvalue weighted by Crippen LogP contribution is 2.15. The van der Waals surface area contributed by atoms with Gasteiger partial charge in [-0.15, -0.1) is 0 Å². The van der Waals surface area contributed by atoms with Gasteiger partial charge in [0.15, 0.2) is 0 Å². The largest absolute Gasteiger partial charge is 0.325 e. The van der Waals surface area contributed by atoms with Crippen molar-refractivity contribution in [1.29, 1.82) is 0 Å². The van der Waals surface area contributed by atoms with Crippen molar-refractivity contribution in [3.8, 4) is 0 Å². The van der Waals surface area contributed by atoms with Gasteiger partial charge in [0.2, 0.25) is 0 Å². The molecule has 0 aliphatic rings. The zero-order valence-corrected chi connectivity index (χ0v) is 11.1. The van der Waals surface area contributed by atoms with E-state index in [1.807, 2.05) is 31.2 Å². The van der Waals surface area contributed by atoms with Gasteiger partial charge in [0.05, 0.1) is 6.20 Å². The number of amides is 1. The summed E-state index contributed by atoms with van der Waals surface area (Å²) in [5.74, 6) is -0.356. The van der Waals surface area contributed by atoms with Crippen LogP contribution in [0.3, 0.4) is 0 Å². The average molecular weight is 272 g/mol. The van der Waals surface area contributed by atoms with Gasteiger partial charge >= 0.3 is 0 Å². The number of aromatic amines is 1. The number of para-hydroxylation sites is 1. The molecule has 0 bridgehead atoms. The molecule has 0 spiro atoms. The van der Waals surface area contributed by atoms with Crippen LogP contribution in [0.4, 0.5) is 5.69 Å². The topological polar surface area (TPSA) is 86.9 Å². The molecule has 0 unspecified atom stereocenters. The summed E-state index contributed by atoms with van der Waals surface area (Å²) in [4.78, 5) is 29.2. The average Bonchev–Trinajstić information content (AvgIpc) is 2.47. The van der Waals surface area contributed by atoms with Crippen molar-refractivity contribution in [2.24, 2.45) is 0 Å². The third-order valence-electron chi connectivity index (χ3n) is 2.74. The molecule has 0 fully saturated rings. The molecule has 1 aromatic heterocycles. The number of H-pyrrole nitrogens is 1. The zero-order valence-electron chi connectivity index (χ0n) is 11.1. The van der Waals surface area contributed by atoms with Gasteiger partial charge in [-0.25, -0.2) is 4.98 Å². The Bertz CT molecular complexity index is 631. The molecule has 2 aromatic rings. The molecule has 1 heterocycles. The van der Waals surface area contributed by atoms with Gasteiger partial charge in [0, 0.05) is 18.4 Å². The molecule has 20 heavy (non-hydrogen) atoms. The molecule has 0 saturated heterocycles. The van der Waals surface area contributed by atoms with Crippen LogP contribution < -0.4 is 16.2 Å². The molecule has 0 saturated carbocycles. The van der Waals surface area contributed by atoms with Crippen molar-refractivity contribution >= 4 is 11.6 Å². The van der Waals surface area contributed by atoms with Crippen LogP contribution in [-0.4, -0.2) is 22.4 Å². The molecule has 6 heteroatoms. The van der Waals surface area contributed by atoms with E-state index in [0.29, 0.717) is 6.54 Å². The normalized spacial score (nSPS) is 10.2. The summed E-state index contributed by atoms with van der Waals surface area (Å²) in [7, 11) is 0. The van der Waals surface area contributed by atoms with Crippen LogP contribution in [0.2, 0.25) is 0 Å². The summed E-state index contributed by atoms with van der Waals surface area (Å²) in [6.07, 6.45) is 2.38. The summed E-state index contributed by atoms with van der Waals surface area (Å²) >= 11 is 0. The minimum Gasteiger partial charge on any atom is -0.325 e. The number of nitrogens with one attached hydrogen (secondary N) is 3. The summed E-state index contributed by atoms with van der Waals surface area (Å²) in [5.41, 5.74) is 1.55. The Kier molecular flexibility index (Phi) is 4.62.